The van der Waals surface area contributed by atoms with E-state index in [0.29, 0.717) is 31.9 Å². The number of hydrogen-bond acceptors (Lipinski definition) is 3. The van der Waals surface area contributed by atoms with Gasteiger partial charge in [-0.2, -0.15) is 5.26 Å². The highest BCUT2D eigenvalue weighted by Gasteiger charge is 2.15. The van der Waals surface area contributed by atoms with Crippen molar-refractivity contribution >= 4 is 5.91 Å². The van der Waals surface area contributed by atoms with Gasteiger partial charge in [0, 0.05) is 20.2 Å². The van der Waals surface area contributed by atoms with E-state index in [1.165, 1.54) is 25.7 Å². The largest absolute Gasteiger partial charge is 0.381 e. The van der Waals surface area contributed by atoms with E-state index in [-0.39, 0.29) is 5.91 Å². The molecule has 0 atom stereocenters. The van der Waals surface area contributed by atoms with Gasteiger partial charge in [-0.15, -0.1) is 0 Å². The van der Waals surface area contributed by atoms with Crippen LogP contribution in [0.2, 0.25) is 0 Å². The summed E-state index contributed by atoms with van der Waals surface area (Å²) in [6.07, 6.45) is 6.01. The maximum absolute atomic E-state index is 11.6. The second-order valence-electron chi connectivity index (χ2n) is 4.70. The van der Waals surface area contributed by atoms with Gasteiger partial charge in [-0.25, -0.2) is 0 Å². The SMILES string of the molecule is CN(CCC#N)C(=O)CCOCC1CCCC1. The van der Waals surface area contributed by atoms with Crippen molar-refractivity contribution in [2.45, 2.75) is 38.5 Å². The average Bonchev–Trinajstić information content (AvgIpc) is 2.84. The summed E-state index contributed by atoms with van der Waals surface area (Å²) in [5.41, 5.74) is 0. The molecule has 0 aromatic rings. The maximum Gasteiger partial charge on any atom is 0.224 e. The molecule has 0 unspecified atom stereocenters. The van der Waals surface area contributed by atoms with Crippen molar-refractivity contribution in [2.75, 3.05) is 26.8 Å². The molecule has 1 aliphatic carbocycles. The lowest BCUT2D eigenvalue weighted by Crippen LogP contribution is -2.28. The van der Waals surface area contributed by atoms with Gasteiger partial charge < -0.3 is 9.64 Å². The van der Waals surface area contributed by atoms with Crippen LogP contribution < -0.4 is 0 Å². The number of carbonyl (C=O) groups excluding carboxylic acids is 1. The molecular formula is C13H22N2O2. The number of amides is 1. The van der Waals surface area contributed by atoms with Gasteiger partial charge >= 0.3 is 0 Å². The summed E-state index contributed by atoms with van der Waals surface area (Å²) in [6, 6.07) is 2.03. The Morgan fingerprint density at radius 2 is 2.18 bits per heavy atom. The van der Waals surface area contributed by atoms with Crippen molar-refractivity contribution in [3.8, 4) is 6.07 Å². The number of carbonyl (C=O) groups is 1. The average molecular weight is 238 g/mol. The van der Waals surface area contributed by atoms with E-state index >= 15 is 0 Å². The maximum atomic E-state index is 11.6. The van der Waals surface area contributed by atoms with E-state index in [0.717, 1.165) is 6.61 Å². The van der Waals surface area contributed by atoms with Crippen LogP contribution in [0.5, 0.6) is 0 Å². The van der Waals surface area contributed by atoms with Crippen LogP contribution in [-0.4, -0.2) is 37.6 Å². The van der Waals surface area contributed by atoms with E-state index in [9.17, 15) is 4.79 Å². The number of nitrogens with zero attached hydrogens (tertiary/aromatic N) is 2. The van der Waals surface area contributed by atoms with Gasteiger partial charge in [-0.3, -0.25) is 4.79 Å². The van der Waals surface area contributed by atoms with Gasteiger partial charge in [0.1, 0.15) is 0 Å². The van der Waals surface area contributed by atoms with Crippen LogP contribution in [0.25, 0.3) is 0 Å². The predicted octanol–water partition coefficient (Wildman–Crippen LogP) is 1.96. The van der Waals surface area contributed by atoms with Crippen LogP contribution in [0.1, 0.15) is 38.5 Å². The second-order valence-corrected chi connectivity index (χ2v) is 4.70. The van der Waals surface area contributed by atoms with Gasteiger partial charge in [0.15, 0.2) is 0 Å². The zero-order valence-corrected chi connectivity index (χ0v) is 10.7. The minimum Gasteiger partial charge on any atom is -0.381 e. The first kappa shape index (κ1) is 14.0. The summed E-state index contributed by atoms with van der Waals surface area (Å²) in [6.45, 7) is 1.82. The van der Waals surface area contributed by atoms with Crippen LogP contribution >= 0.6 is 0 Å². The van der Waals surface area contributed by atoms with E-state index < -0.39 is 0 Å². The third-order valence-corrected chi connectivity index (χ3v) is 3.27. The Morgan fingerprint density at radius 3 is 2.82 bits per heavy atom. The molecule has 0 aromatic carbocycles. The summed E-state index contributed by atoms with van der Waals surface area (Å²) in [5, 5.41) is 8.42. The highest BCUT2D eigenvalue weighted by Crippen LogP contribution is 2.24. The molecule has 1 saturated carbocycles. The first-order valence-electron chi connectivity index (χ1n) is 6.42. The van der Waals surface area contributed by atoms with Crippen LogP contribution in [0, 0.1) is 17.2 Å². The van der Waals surface area contributed by atoms with Gasteiger partial charge in [0.05, 0.1) is 25.5 Å². The fraction of sp³-hybridized carbons (Fsp3) is 0.846. The molecule has 0 N–H and O–H groups in total. The highest BCUT2D eigenvalue weighted by molar-refractivity contribution is 5.75. The Hall–Kier alpha value is -1.08. The topological polar surface area (TPSA) is 53.3 Å². The minimum absolute atomic E-state index is 0.0617. The van der Waals surface area contributed by atoms with Crippen molar-refractivity contribution in [1.29, 1.82) is 5.26 Å². The fourth-order valence-electron chi connectivity index (χ4n) is 2.12. The second kappa shape index (κ2) is 8.08. The third-order valence-electron chi connectivity index (χ3n) is 3.27. The molecule has 4 heteroatoms. The Bertz CT molecular complexity index is 267. The first-order valence-corrected chi connectivity index (χ1v) is 6.42. The normalized spacial score (nSPS) is 15.8. The molecule has 0 radical (unpaired) electrons. The quantitative estimate of drug-likeness (QED) is 0.637. The molecule has 1 amide bonds. The lowest BCUT2D eigenvalue weighted by molar-refractivity contribution is -0.131. The highest BCUT2D eigenvalue weighted by atomic mass is 16.5. The minimum atomic E-state index is 0.0617. The van der Waals surface area contributed by atoms with Crippen LogP contribution in [0.3, 0.4) is 0 Å². The summed E-state index contributed by atoms with van der Waals surface area (Å²) in [5.74, 6) is 0.771. The summed E-state index contributed by atoms with van der Waals surface area (Å²) in [4.78, 5) is 13.2. The van der Waals surface area contributed by atoms with Crippen molar-refractivity contribution in [2.24, 2.45) is 5.92 Å². The Balaban J connectivity index is 2.01. The van der Waals surface area contributed by atoms with Crippen molar-refractivity contribution in [1.82, 2.24) is 4.90 Å². The van der Waals surface area contributed by atoms with Crippen LogP contribution in [0.4, 0.5) is 0 Å². The predicted molar refractivity (Wildman–Crippen MR) is 65.3 cm³/mol. The number of nitriles is 1. The smallest absolute Gasteiger partial charge is 0.224 e. The molecule has 0 heterocycles. The van der Waals surface area contributed by atoms with Gasteiger partial charge in [0.25, 0.3) is 0 Å². The number of ether oxygens (including phenoxy) is 1. The molecule has 1 fully saturated rings. The lowest BCUT2D eigenvalue weighted by atomic mass is 10.1. The van der Waals surface area contributed by atoms with Crippen LogP contribution in [-0.2, 0) is 9.53 Å². The Morgan fingerprint density at radius 1 is 1.47 bits per heavy atom. The molecule has 0 bridgehead atoms. The Kier molecular flexibility index (Phi) is 6.64. The van der Waals surface area contributed by atoms with Crippen molar-refractivity contribution in [3.05, 3.63) is 0 Å². The molecule has 17 heavy (non-hydrogen) atoms. The lowest BCUT2D eigenvalue weighted by Gasteiger charge is -2.16. The molecule has 1 aliphatic rings. The zero-order chi connectivity index (χ0) is 12.5. The Labute approximate surface area is 104 Å². The summed E-state index contributed by atoms with van der Waals surface area (Å²) >= 11 is 0. The molecular weight excluding hydrogens is 216 g/mol. The van der Waals surface area contributed by atoms with Gasteiger partial charge in [0.2, 0.25) is 5.91 Å². The molecule has 0 spiro atoms. The van der Waals surface area contributed by atoms with Crippen molar-refractivity contribution < 1.29 is 9.53 Å². The standard InChI is InChI=1S/C13H22N2O2/c1-15(9-4-8-14)13(16)7-10-17-11-12-5-2-3-6-12/h12H,2-7,9-11H2,1H3. The summed E-state index contributed by atoms with van der Waals surface area (Å²) in [7, 11) is 1.73. The van der Waals surface area contributed by atoms with E-state index in [1.54, 1.807) is 11.9 Å². The van der Waals surface area contributed by atoms with E-state index in [1.807, 2.05) is 6.07 Å². The first-order chi connectivity index (χ1) is 8.24. The van der Waals surface area contributed by atoms with Crippen LogP contribution in [0.15, 0.2) is 0 Å². The van der Waals surface area contributed by atoms with Gasteiger partial charge in [-0.05, 0) is 18.8 Å². The molecule has 1 rings (SSSR count). The molecule has 0 aliphatic heterocycles. The molecule has 0 aromatic heterocycles. The molecule has 0 saturated heterocycles. The zero-order valence-electron chi connectivity index (χ0n) is 10.7. The fourth-order valence-corrected chi connectivity index (χ4v) is 2.12. The van der Waals surface area contributed by atoms with E-state index in [2.05, 4.69) is 0 Å². The monoisotopic (exact) mass is 238 g/mol. The molecule has 96 valence electrons. The third kappa shape index (κ3) is 5.69. The number of rotatable bonds is 7. The van der Waals surface area contributed by atoms with E-state index in [4.69, 9.17) is 10.00 Å². The van der Waals surface area contributed by atoms with Crippen molar-refractivity contribution in [3.63, 3.8) is 0 Å². The number of hydrogen-bond donors (Lipinski definition) is 0. The molecule has 4 nitrogen and oxygen atoms in total. The van der Waals surface area contributed by atoms with Gasteiger partial charge in [-0.1, -0.05) is 12.8 Å². The summed E-state index contributed by atoms with van der Waals surface area (Å²) < 4.78 is 5.53.